The molecule has 0 aliphatic rings. The lowest BCUT2D eigenvalue weighted by atomic mass is 10.1. The fraction of sp³-hybridized carbons (Fsp3) is 0.667. The first-order valence-corrected chi connectivity index (χ1v) is 6.86. The molecule has 1 N–H and O–H groups in total. The van der Waals surface area contributed by atoms with E-state index in [4.69, 9.17) is 9.72 Å². The van der Waals surface area contributed by atoms with E-state index in [-0.39, 0.29) is 0 Å². The van der Waals surface area contributed by atoms with Crippen LogP contribution in [0.2, 0.25) is 0 Å². The number of ether oxygens (including phenoxy) is 1. The summed E-state index contributed by atoms with van der Waals surface area (Å²) < 4.78 is 5.15. The summed E-state index contributed by atoms with van der Waals surface area (Å²) in [6.45, 7) is 10.9. The third-order valence-electron chi connectivity index (χ3n) is 3.13. The van der Waals surface area contributed by atoms with E-state index in [9.17, 15) is 0 Å². The van der Waals surface area contributed by atoms with Crippen molar-refractivity contribution in [3.8, 4) is 0 Å². The molecular weight excluding hydrogens is 238 g/mol. The van der Waals surface area contributed by atoms with Crippen molar-refractivity contribution in [2.45, 2.75) is 40.3 Å². The Kier molecular flexibility index (Phi) is 6.25. The van der Waals surface area contributed by atoms with Gasteiger partial charge >= 0.3 is 0 Å². The summed E-state index contributed by atoms with van der Waals surface area (Å²) in [6, 6.07) is 2.61. The molecule has 4 nitrogen and oxygen atoms in total. The summed E-state index contributed by atoms with van der Waals surface area (Å²) in [5.74, 6) is 1.06. The van der Waals surface area contributed by atoms with Crippen LogP contribution in [0.25, 0.3) is 0 Å². The molecule has 0 saturated carbocycles. The maximum Gasteiger partial charge on any atom is 0.133 e. The lowest BCUT2D eigenvalue weighted by Gasteiger charge is -2.23. The topological polar surface area (TPSA) is 37.4 Å². The zero-order valence-corrected chi connectivity index (χ0v) is 13.1. The zero-order valence-electron chi connectivity index (χ0n) is 13.1. The minimum Gasteiger partial charge on any atom is -0.383 e. The van der Waals surface area contributed by atoms with Crippen LogP contribution in [0.4, 0.5) is 5.82 Å². The molecule has 4 heteroatoms. The Balaban J connectivity index is 2.98. The van der Waals surface area contributed by atoms with E-state index in [0.717, 1.165) is 24.6 Å². The molecule has 1 heterocycles. The predicted molar refractivity (Wildman–Crippen MR) is 80.8 cm³/mol. The molecule has 0 bridgehead atoms. The number of likely N-dealkylation sites (N-methyl/N-ethyl adjacent to an activating group) is 1. The van der Waals surface area contributed by atoms with Crippen molar-refractivity contribution >= 4 is 5.82 Å². The highest BCUT2D eigenvalue weighted by Gasteiger charge is 2.13. The standard InChI is InChI=1S/C15H27N3O/c1-11(2)16-10-14-12(3)9-13(4)17-15(14)18(5)7-8-19-6/h9,11,16H,7-8,10H2,1-6H3. The SMILES string of the molecule is COCCN(C)c1nc(C)cc(C)c1CNC(C)C. The summed E-state index contributed by atoms with van der Waals surface area (Å²) in [4.78, 5) is 6.86. The summed E-state index contributed by atoms with van der Waals surface area (Å²) in [5, 5.41) is 3.48. The predicted octanol–water partition coefficient (Wildman–Crippen LogP) is 2.28. The van der Waals surface area contributed by atoms with Gasteiger partial charge in [0.15, 0.2) is 0 Å². The average Bonchev–Trinajstić information content (AvgIpc) is 2.33. The van der Waals surface area contributed by atoms with Crippen molar-refractivity contribution in [2.24, 2.45) is 0 Å². The zero-order chi connectivity index (χ0) is 14.4. The molecule has 19 heavy (non-hydrogen) atoms. The molecule has 0 aromatic carbocycles. The summed E-state index contributed by atoms with van der Waals surface area (Å²) >= 11 is 0. The first kappa shape index (κ1) is 15.9. The largest absolute Gasteiger partial charge is 0.383 e. The number of nitrogens with zero attached hydrogens (tertiary/aromatic N) is 2. The minimum absolute atomic E-state index is 0.470. The van der Waals surface area contributed by atoms with Crippen molar-refractivity contribution in [1.29, 1.82) is 0 Å². The summed E-state index contributed by atoms with van der Waals surface area (Å²) in [7, 11) is 3.79. The van der Waals surface area contributed by atoms with Crippen LogP contribution in [0.15, 0.2) is 6.07 Å². The maximum atomic E-state index is 5.15. The molecule has 0 radical (unpaired) electrons. The van der Waals surface area contributed by atoms with Gasteiger partial charge in [0.2, 0.25) is 0 Å². The molecule has 1 rings (SSSR count). The van der Waals surface area contributed by atoms with Crippen molar-refractivity contribution in [1.82, 2.24) is 10.3 Å². The fourth-order valence-corrected chi connectivity index (χ4v) is 2.02. The summed E-state index contributed by atoms with van der Waals surface area (Å²) in [6.07, 6.45) is 0. The second kappa shape index (κ2) is 7.46. The van der Waals surface area contributed by atoms with Gasteiger partial charge in [0.05, 0.1) is 6.61 Å². The van der Waals surface area contributed by atoms with Crippen LogP contribution in [-0.4, -0.2) is 38.3 Å². The highest BCUT2D eigenvalue weighted by atomic mass is 16.5. The van der Waals surface area contributed by atoms with Gasteiger partial charge in [-0.1, -0.05) is 13.8 Å². The van der Waals surface area contributed by atoms with Crippen LogP contribution in [0.5, 0.6) is 0 Å². The highest BCUT2D eigenvalue weighted by Crippen LogP contribution is 2.21. The number of rotatable bonds is 7. The lowest BCUT2D eigenvalue weighted by Crippen LogP contribution is -2.28. The van der Waals surface area contributed by atoms with E-state index in [2.05, 4.69) is 44.1 Å². The van der Waals surface area contributed by atoms with Gasteiger partial charge in [-0.05, 0) is 25.5 Å². The third-order valence-corrected chi connectivity index (χ3v) is 3.13. The van der Waals surface area contributed by atoms with E-state index < -0.39 is 0 Å². The maximum absolute atomic E-state index is 5.15. The Hall–Kier alpha value is -1.13. The molecule has 0 unspecified atom stereocenters. The average molecular weight is 265 g/mol. The van der Waals surface area contributed by atoms with E-state index in [0.29, 0.717) is 12.6 Å². The van der Waals surface area contributed by atoms with Gasteiger partial charge in [0, 0.05) is 44.5 Å². The molecule has 0 aliphatic carbocycles. The first-order chi connectivity index (χ1) is 8.95. The number of anilines is 1. The molecular formula is C15H27N3O. The molecule has 0 fully saturated rings. The molecule has 0 atom stereocenters. The van der Waals surface area contributed by atoms with Gasteiger partial charge in [-0.2, -0.15) is 0 Å². The Morgan fingerprint density at radius 2 is 2.05 bits per heavy atom. The molecule has 0 amide bonds. The van der Waals surface area contributed by atoms with Gasteiger partial charge in [0.1, 0.15) is 5.82 Å². The van der Waals surface area contributed by atoms with Crippen LogP contribution >= 0.6 is 0 Å². The third kappa shape index (κ3) is 4.80. The van der Waals surface area contributed by atoms with Crippen LogP contribution in [-0.2, 0) is 11.3 Å². The van der Waals surface area contributed by atoms with Gasteiger partial charge < -0.3 is 15.0 Å². The highest BCUT2D eigenvalue weighted by molar-refractivity contribution is 5.51. The molecule has 0 aliphatic heterocycles. The Bertz CT molecular complexity index is 405. The number of aromatic nitrogens is 1. The molecule has 1 aromatic heterocycles. The Labute approximate surface area is 117 Å². The van der Waals surface area contributed by atoms with Crippen molar-refractivity contribution in [3.63, 3.8) is 0 Å². The van der Waals surface area contributed by atoms with E-state index in [1.807, 2.05) is 6.92 Å². The van der Waals surface area contributed by atoms with Gasteiger partial charge in [0.25, 0.3) is 0 Å². The smallest absolute Gasteiger partial charge is 0.133 e. The molecule has 108 valence electrons. The quantitative estimate of drug-likeness (QED) is 0.821. The van der Waals surface area contributed by atoms with E-state index in [1.165, 1.54) is 11.1 Å². The monoisotopic (exact) mass is 265 g/mol. The number of pyridine rings is 1. The van der Waals surface area contributed by atoms with Crippen LogP contribution < -0.4 is 10.2 Å². The van der Waals surface area contributed by atoms with Gasteiger partial charge in [-0.25, -0.2) is 4.98 Å². The second-order valence-corrected chi connectivity index (χ2v) is 5.33. The molecule has 0 saturated heterocycles. The van der Waals surface area contributed by atoms with Gasteiger partial charge in [-0.15, -0.1) is 0 Å². The Morgan fingerprint density at radius 3 is 2.63 bits per heavy atom. The molecule has 1 aromatic rings. The number of nitrogens with one attached hydrogen (secondary N) is 1. The number of hydrogen-bond acceptors (Lipinski definition) is 4. The fourth-order valence-electron chi connectivity index (χ4n) is 2.02. The summed E-state index contributed by atoms with van der Waals surface area (Å²) in [5.41, 5.74) is 3.63. The number of aryl methyl sites for hydroxylation is 2. The number of methoxy groups -OCH3 is 1. The van der Waals surface area contributed by atoms with Crippen LogP contribution in [0, 0.1) is 13.8 Å². The van der Waals surface area contributed by atoms with Gasteiger partial charge in [-0.3, -0.25) is 0 Å². The van der Waals surface area contributed by atoms with Crippen molar-refractivity contribution < 1.29 is 4.74 Å². The van der Waals surface area contributed by atoms with Crippen molar-refractivity contribution in [2.75, 3.05) is 32.2 Å². The Morgan fingerprint density at radius 1 is 1.37 bits per heavy atom. The van der Waals surface area contributed by atoms with Crippen molar-refractivity contribution in [3.05, 3.63) is 22.9 Å². The van der Waals surface area contributed by atoms with E-state index in [1.54, 1.807) is 7.11 Å². The second-order valence-electron chi connectivity index (χ2n) is 5.33. The first-order valence-electron chi connectivity index (χ1n) is 6.86. The minimum atomic E-state index is 0.470. The molecule has 0 spiro atoms. The lowest BCUT2D eigenvalue weighted by molar-refractivity contribution is 0.206. The van der Waals surface area contributed by atoms with Crippen LogP contribution in [0.3, 0.4) is 0 Å². The van der Waals surface area contributed by atoms with Crippen LogP contribution in [0.1, 0.15) is 30.7 Å². The number of hydrogen-bond donors (Lipinski definition) is 1. The normalized spacial score (nSPS) is 11.1. The van der Waals surface area contributed by atoms with E-state index >= 15 is 0 Å².